The van der Waals surface area contributed by atoms with Crippen LogP contribution in [-0.4, -0.2) is 44.3 Å². The third-order valence-electron chi connectivity index (χ3n) is 7.58. The van der Waals surface area contributed by atoms with Gasteiger partial charge >= 0.3 is 23.9 Å². The molecule has 2 aliphatic carbocycles. The number of carbonyl (C=O) groups is 4. The fraction of sp³-hybridized carbons (Fsp3) is 0.474. The number of benzene rings is 1. The van der Waals surface area contributed by atoms with Gasteiger partial charge in [0.2, 0.25) is 0 Å². The van der Waals surface area contributed by atoms with Gasteiger partial charge in [-0.1, -0.05) is 13.8 Å². The molecule has 0 aromatic heterocycles. The molecular weight excluding hydrogens is 356 g/mol. The molecule has 4 unspecified atom stereocenters. The summed E-state index contributed by atoms with van der Waals surface area (Å²) >= 11 is 0. The number of hydrogen-bond donors (Lipinski definition) is 4. The van der Waals surface area contributed by atoms with Gasteiger partial charge in [0, 0.05) is 10.8 Å². The van der Waals surface area contributed by atoms with Crippen molar-refractivity contribution in [2.24, 2.45) is 10.8 Å². The predicted octanol–water partition coefficient (Wildman–Crippen LogP) is 2.20. The second-order valence-electron chi connectivity index (χ2n) is 8.25. The molecule has 0 aliphatic heterocycles. The fourth-order valence-electron chi connectivity index (χ4n) is 5.66. The first kappa shape index (κ1) is 18.9. The Hall–Kier alpha value is -2.90. The van der Waals surface area contributed by atoms with Crippen LogP contribution in [0.3, 0.4) is 0 Å². The van der Waals surface area contributed by atoms with Crippen LogP contribution in [0.15, 0.2) is 12.1 Å². The summed E-state index contributed by atoms with van der Waals surface area (Å²) in [6, 6.07) is 2.41. The van der Waals surface area contributed by atoms with Gasteiger partial charge in [0.15, 0.2) is 0 Å². The highest BCUT2D eigenvalue weighted by Crippen LogP contribution is 2.76. The Morgan fingerprint density at radius 2 is 1.00 bits per heavy atom. The van der Waals surface area contributed by atoms with Crippen LogP contribution < -0.4 is 0 Å². The SMILES string of the molecule is CC12CC(C)(c3cc(C(=O)O)c(C(=O)O)cc31)C(C)(C(=O)O)C2(C)C(=O)O. The minimum Gasteiger partial charge on any atom is -0.481 e. The lowest BCUT2D eigenvalue weighted by Crippen LogP contribution is -2.60. The molecule has 2 bridgehead atoms. The Bertz CT molecular complexity index is 874. The van der Waals surface area contributed by atoms with Gasteiger partial charge in [0.05, 0.1) is 22.0 Å². The maximum Gasteiger partial charge on any atom is 0.336 e. The molecule has 0 saturated heterocycles. The topological polar surface area (TPSA) is 149 Å². The third kappa shape index (κ3) is 1.69. The molecule has 8 heteroatoms. The molecule has 1 aromatic rings. The van der Waals surface area contributed by atoms with E-state index in [0.29, 0.717) is 11.1 Å². The van der Waals surface area contributed by atoms with Crippen molar-refractivity contribution in [3.05, 3.63) is 34.4 Å². The minimum absolute atomic E-state index is 0.156. The first-order chi connectivity index (χ1) is 12.2. The number of carboxylic acid groups (broad SMARTS) is 4. The monoisotopic (exact) mass is 376 g/mol. The van der Waals surface area contributed by atoms with Gasteiger partial charge < -0.3 is 20.4 Å². The van der Waals surface area contributed by atoms with E-state index in [0.717, 1.165) is 0 Å². The van der Waals surface area contributed by atoms with Crippen molar-refractivity contribution >= 4 is 23.9 Å². The highest BCUT2D eigenvalue weighted by molar-refractivity contribution is 6.03. The molecule has 2 aliphatic rings. The van der Waals surface area contributed by atoms with E-state index in [1.165, 1.54) is 26.0 Å². The van der Waals surface area contributed by atoms with Gasteiger partial charge in [0.25, 0.3) is 0 Å². The van der Waals surface area contributed by atoms with Crippen LogP contribution in [0.5, 0.6) is 0 Å². The zero-order chi connectivity index (χ0) is 20.7. The average molecular weight is 376 g/mol. The Kier molecular flexibility index (Phi) is 3.41. The molecule has 1 fully saturated rings. The lowest BCUT2D eigenvalue weighted by atomic mass is 9.48. The van der Waals surface area contributed by atoms with E-state index in [2.05, 4.69) is 0 Å². The molecule has 8 nitrogen and oxygen atoms in total. The normalized spacial score (nSPS) is 36.3. The second kappa shape index (κ2) is 4.88. The van der Waals surface area contributed by atoms with E-state index < -0.39 is 56.7 Å². The van der Waals surface area contributed by atoms with Crippen LogP contribution in [-0.2, 0) is 20.4 Å². The zero-order valence-electron chi connectivity index (χ0n) is 15.3. The molecule has 4 N–H and O–H groups in total. The van der Waals surface area contributed by atoms with Crippen LogP contribution >= 0.6 is 0 Å². The molecule has 3 rings (SSSR count). The molecule has 144 valence electrons. The molecule has 1 saturated carbocycles. The second-order valence-corrected chi connectivity index (χ2v) is 8.25. The van der Waals surface area contributed by atoms with Crippen molar-refractivity contribution in [2.45, 2.75) is 44.9 Å². The summed E-state index contributed by atoms with van der Waals surface area (Å²) in [4.78, 5) is 47.8. The number of hydrogen-bond acceptors (Lipinski definition) is 4. The highest BCUT2D eigenvalue weighted by Gasteiger charge is 2.81. The standard InChI is InChI=1S/C19H20O8/c1-16-7-17(2,19(4,15(26)27)18(16,3)14(24)25)11-6-9(13(22)23)8(12(20)21)5-10(11)16/h5-6H,7H2,1-4H3,(H,20,21)(H,22,23)(H,24,25)(H,26,27). The minimum atomic E-state index is -1.73. The molecule has 0 heterocycles. The molecule has 1 aromatic carbocycles. The van der Waals surface area contributed by atoms with Gasteiger partial charge in [-0.2, -0.15) is 0 Å². The van der Waals surface area contributed by atoms with E-state index >= 15 is 0 Å². The molecular formula is C19H20O8. The summed E-state index contributed by atoms with van der Waals surface area (Å²) in [5.74, 6) is -5.46. The first-order valence-electron chi connectivity index (χ1n) is 8.32. The van der Waals surface area contributed by atoms with Crippen molar-refractivity contribution in [1.29, 1.82) is 0 Å². The Balaban J connectivity index is 2.50. The van der Waals surface area contributed by atoms with Gasteiger partial charge in [-0.05, 0) is 43.5 Å². The van der Waals surface area contributed by atoms with E-state index in [1.54, 1.807) is 13.8 Å². The first-order valence-corrected chi connectivity index (χ1v) is 8.32. The molecule has 0 spiro atoms. The third-order valence-corrected chi connectivity index (χ3v) is 7.58. The smallest absolute Gasteiger partial charge is 0.336 e. The van der Waals surface area contributed by atoms with Gasteiger partial charge in [-0.3, -0.25) is 9.59 Å². The number of aliphatic carboxylic acids is 2. The molecule has 27 heavy (non-hydrogen) atoms. The van der Waals surface area contributed by atoms with Crippen LogP contribution in [0.1, 0.15) is 66.0 Å². The van der Waals surface area contributed by atoms with Gasteiger partial charge in [-0.25, -0.2) is 9.59 Å². The van der Waals surface area contributed by atoms with E-state index in [9.17, 15) is 39.6 Å². The average Bonchev–Trinajstić information content (AvgIpc) is 2.88. The van der Waals surface area contributed by atoms with Gasteiger partial charge in [0.1, 0.15) is 0 Å². The number of aromatic carboxylic acids is 2. The quantitative estimate of drug-likeness (QED) is 0.625. The number of fused-ring (bicyclic) bond motifs is 5. The predicted molar refractivity (Wildman–Crippen MR) is 91.2 cm³/mol. The van der Waals surface area contributed by atoms with Crippen molar-refractivity contribution in [3.63, 3.8) is 0 Å². The lowest BCUT2D eigenvalue weighted by molar-refractivity contribution is -0.177. The van der Waals surface area contributed by atoms with Crippen LogP contribution in [0.4, 0.5) is 0 Å². The zero-order valence-corrected chi connectivity index (χ0v) is 15.3. The van der Waals surface area contributed by atoms with Crippen LogP contribution in [0, 0.1) is 10.8 Å². The van der Waals surface area contributed by atoms with Crippen LogP contribution in [0.2, 0.25) is 0 Å². The Morgan fingerprint density at radius 3 is 1.22 bits per heavy atom. The summed E-state index contributed by atoms with van der Waals surface area (Å²) < 4.78 is 0. The van der Waals surface area contributed by atoms with Crippen molar-refractivity contribution in [1.82, 2.24) is 0 Å². The maximum atomic E-state index is 12.3. The Labute approximate surface area is 154 Å². The molecule has 4 atom stereocenters. The summed E-state index contributed by atoms with van der Waals surface area (Å²) in [6.07, 6.45) is 0.156. The summed E-state index contributed by atoms with van der Waals surface area (Å²) in [5, 5.41) is 38.9. The lowest BCUT2D eigenvalue weighted by Gasteiger charge is -2.52. The maximum absolute atomic E-state index is 12.3. The largest absolute Gasteiger partial charge is 0.481 e. The van der Waals surface area contributed by atoms with Crippen LogP contribution in [0.25, 0.3) is 0 Å². The summed E-state index contributed by atoms with van der Waals surface area (Å²) in [5.41, 5.74) is -5.93. The van der Waals surface area contributed by atoms with Crippen molar-refractivity contribution < 1.29 is 39.6 Å². The molecule has 0 amide bonds. The highest BCUT2D eigenvalue weighted by atomic mass is 16.4. The van der Waals surface area contributed by atoms with Crippen molar-refractivity contribution in [3.8, 4) is 0 Å². The van der Waals surface area contributed by atoms with Crippen molar-refractivity contribution in [2.75, 3.05) is 0 Å². The van der Waals surface area contributed by atoms with E-state index in [4.69, 9.17) is 0 Å². The van der Waals surface area contributed by atoms with E-state index in [1.807, 2.05) is 0 Å². The molecule has 0 radical (unpaired) electrons. The summed E-state index contributed by atoms with van der Waals surface area (Å²) in [6.45, 7) is 5.99. The van der Waals surface area contributed by atoms with Gasteiger partial charge in [-0.15, -0.1) is 0 Å². The number of carboxylic acids is 4. The van der Waals surface area contributed by atoms with E-state index in [-0.39, 0.29) is 6.42 Å². The fourth-order valence-corrected chi connectivity index (χ4v) is 5.66. The Morgan fingerprint density at radius 1 is 0.704 bits per heavy atom. The summed E-state index contributed by atoms with van der Waals surface area (Å²) in [7, 11) is 0. The number of rotatable bonds is 4.